The lowest BCUT2D eigenvalue weighted by Gasteiger charge is -2.24. The minimum atomic E-state index is -0.802. The van der Waals surface area contributed by atoms with Gasteiger partial charge in [0.25, 0.3) is 0 Å². The van der Waals surface area contributed by atoms with Crippen LogP contribution in [0, 0.1) is 5.41 Å². The molecule has 0 aliphatic carbocycles. The number of carboxylic acid groups (broad SMARTS) is 1. The number of amides is 3. The summed E-state index contributed by atoms with van der Waals surface area (Å²) in [6, 6.07) is -0.553. The molecule has 7 heteroatoms. The van der Waals surface area contributed by atoms with Crippen LogP contribution in [-0.2, 0) is 9.59 Å². The van der Waals surface area contributed by atoms with Gasteiger partial charge in [-0.15, -0.1) is 0 Å². The van der Waals surface area contributed by atoms with Crippen molar-refractivity contribution in [1.29, 1.82) is 0 Å². The molecule has 3 N–H and O–H groups in total. The molecule has 1 aliphatic heterocycles. The highest BCUT2D eigenvalue weighted by Gasteiger charge is 2.44. The Hall–Kier alpha value is -1.63. The van der Waals surface area contributed by atoms with E-state index in [9.17, 15) is 19.5 Å². The van der Waals surface area contributed by atoms with Gasteiger partial charge >= 0.3 is 12.0 Å². The molecule has 0 aromatic carbocycles. The van der Waals surface area contributed by atoms with Gasteiger partial charge in [-0.25, -0.2) is 4.79 Å². The summed E-state index contributed by atoms with van der Waals surface area (Å²) in [5.74, 6) is -1.22. The molecule has 1 unspecified atom stereocenters. The Morgan fingerprint density at radius 3 is 2.58 bits per heavy atom. The number of imide groups is 1. The minimum absolute atomic E-state index is 0.0478. The summed E-state index contributed by atoms with van der Waals surface area (Å²) in [5.41, 5.74) is -0.748. The zero-order chi connectivity index (χ0) is 14.5. The molecule has 1 heterocycles. The average molecular weight is 271 g/mol. The van der Waals surface area contributed by atoms with Crippen LogP contribution in [0.2, 0.25) is 0 Å². The van der Waals surface area contributed by atoms with Gasteiger partial charge in [0.1, 0.15) is 0 Å². The summed E-state index contributed by atoms with van der Waals surface area (Å²) in [7, 11) is 1.43. The van der Waals surface area contributed by atoms with Crippen molar-refractivity contribution < 1.29 is 19.5 Å². The number of hydrogen-bond donors (Lipinski definition) is 3. The maximum absolute atomic E-state index is 11.5. The van der Waals surface area contributed by atoms with Crippen molar-refractivity contribution in [1.82, 2.24) is 15.5 Å². The van der Waals surface area contributed by atoms with Gasteiger partial charge in [-0.05, 0) is 19.4 Å². The summed E-state index contributed by atoms with van der Waals surface area (Å²) in [4.78, 5) is 35.7. The topological polar surface area (TPSA) is 98.7 Å². The number of likely N-dealkylation sites (tertiary alicyclic amines) is 1. The Bertz CT molecular complexity index is 372. The van der Waals surface area contributed by atoms with E-state index in [-0.39, 0.29) is 6.54 Å². The van der Waals surface area contributed by atoms with E-state index in [4.69, 9.17) is 0 Å². The summed E-state index contributed by atoms with van der Waals surface area (Å²) < 4.78 is 0. The van der Waals surface area contributed by atoms with E-state index in [1.165, 1.54) is 7.05 Å². The van der Waals surface area contributed by atoms with Gasteiger partial charge in [-0.2, -0.15) is 0 Å². The fourth-order valence-electron chi connectivity index (χ4n) is 2.49. The maximum Gasteiger partial charge on any atom is 0.321 e. The van der Waals surface area contributed by atoms with Gasteiger partial charge in [0.05, 0.1) is 12.0 Å². The van der Waals surface area contributed by atoms with E-state index >= 15 is 0 Å². The van der Waals surface area contributed by atoms with E-state index in [0.717, 1.165) is 6.42 Å². The summed E-state index contributed by atoms with van der Waals surface area (Å²) in [5, 5.41) is 13.8. The third-order valence-corrected chi connectivity index (χ3v) is 3.46. The van der Waals surface area contributed by atoms with Crippen molar-refractivity contribution in [2.75, 3.05) is 26.7 Å². The fourth-order valence-corrected chi connectivity index (χ4v) is 2.49. The van der Waals surface area contributed by atoms with E-state index in [0.29, 0.717) is 25.9 Å². The quantitative estimate of drug-likeness (QED) is 0.654. The highest BCUT2D eigenvalue weighted by atomic mass is 16.4. The predicted molar refractivity (Wildman–Crippen MR) is 68.6 cm³/mol. The number of aliphatic carboxylic acids is 1. The van der Waals surface area contributed by atoms with E-state index < -0.39 is 23.3 Å². The average Bonchev–Trinajstić information content (AvgIpc) is 2.73. The van der Waals surface area contributed by atoms with Crippen molar-refractivity contribution in [2.45, 2.75) is 26.2 Å². The molecule has 0 radical (unpaired) electrons. The highest BCUT2D eigenvalue weighted by Crippen LogP contribution is 2.35. The lowest BCUT2D eigenvalue weighted by molar-refractivity contribution is -0.148. The van der Waals surface area contributed by atoms with Crippen LogP contribution in [-0.4, -0.2) is 54.6 Å². The molecular formula is C12H21N3O4. The number of carbonyl (C=O) groups excluding carboxylic acids is 2. The van der Waals surface area contributed by atoms with Crippen molar-refractivity contribution in [3.63, 3.8) is 0 Å². The first-order chi connectivity index (χ1) is 8.93. The number of hydrogen-bond acceptors (Lipinski definition) is 4. The van der Waals surface area contributed by atoms with E-state index in [2.05, 4.69) is 10.6 Å². The summed E-state index contributed by atoms with van der Waals surface area (Å²) in [6.45, 7) is 2.92. The second-order valence-electron chi connectivity index (χ2n) is 4.92. The lowest BCUT2D eigenvalue weighted by Crippen LogP contribution is -2.44. The molecule has 1 rings (SSSR count). The Morgan fingerprint density at radius 1 is 1.37 bits per heavy atom. The minimum Gasteiger partial charge on any atom is -0.481 e. The van der Waals surface area contributed by atoms with Crippen LogP contribution in [0.1, 0.15) is 26.2 Å². The molecule has 1 atom stereocenters. The molecule has 0 spiro atoms. The summed E-state index contributed by atoms with van der Waals surface area (Å²) in [6.07, 6.45) is 1.95. The lowest BCUT2D eigenvalue weighted by atomic mass is 9.83. The third kappa shape index (κ3) is 3.92. The van der Waals surface area contributed by atoms with Gasteiger partial charge in [0.2, 0.25) is 5.91 Å². The van der Waals surface area contributed by atoms with Crippen LogP contribution in [0.15, 0.2) is 0 Å². The smallest absolute Gasteiger partial charge is 0.321 e. The zero-order valence-electron chi connectivity index (χ0n) is 11.4. The van der Waals surface area contributed by atoms with Crippen LogP contribution < -0.4 is 10.6 Å². The SMILES string of the molecule is CCCC1(C(=O)O)CCN(CC(=O)NC(=O)NC)C1. The monoisotopic (exact) mass is 271 g/mol. The molecule has 1 fully saturated rings. The number of nitrogens with zero attached hydrogens (tertiary/aromatic N) is 1. The van der Waals surface area contributed by atoms with Crippen molar-refractivity contribution in [3.8, 4) is 0 Å². The normalized spacial score (nSPS) is 23.1. The third-order valence-electron chi connectivity index (χ3n) is 3.46. The number of carboxylic acids is 1. The largest absolute Gasteiger partial charge is 0.481 e. The van der Waals surface area contributed by atoms with Crippen LogP contribution in [0.3, 0.4) is 0 Å². The molecule has 7 nitrogen and oxygen atoms in total. The Labute approximate surface area is 112 Å². The van der Waals surface area contributed by atoms with Crippen molar-refractivity contribution in [2.24, 2.45) is 5.41 Å². The van der Waals surface area contributed by atoms with Crippen molar-refractivity contribution >= 4 is 17.9 Å². The molecule has 0 aromatic heterocycles. The molecular weight excluding hydrogens is 250 g/mol. The molecule has 0 saturated carbocycles. The number of nitrogens with one attached hydrogen (secondary N) is 2. The maximum atomic E-state index is 11.5. The second kappa shape index (κ2) is 6.51. The first-order valence-corrected chi connectivity index (χ1v) is 6.41. The van der Waals surface area contributed by atoms with Gasteiger partial charge in [0, 0.05) is 13.6 Å². The van der Waals surface area contributed by atoms with Gasteiger partial charge in [-0.3, -0.25) is 19.8 Å². The first-order valence-electron chi connectivity index (χ1n) is 6.41. The highest BCUT2D eigenvalue weighted by molar-refractivity contribution is 5.95. The zero-order valence-corrected chi connectivity index (χ0v) is 11.4. The van der Waals surface area contributed by atoms with Crippen LogP contribution in [0.25, 0.3) is 0 Å². The molecule has 3 amide bonds. The van der Waals surface area contributed by atoms with Crippen LogP contribution in [0.4, 0.5) is 4.79 Å². The van der Waals surface area contributed by atoms with E-state index in [1.54, 1.807) is 4.90 Å². The Balaban J connectivity index is 2.53. The Kier molecular flexibility index (Phi) is 5.29. The molecule has 0 aromatic rings. The summed E-state index contributed by atoms with van der Waals surface area (Å²) >= 11 is 0. The predicted octanol–water partition coefficient (Wildman–Crippen LogP) is 0.0188. The number of urea groups is 1. The van der Waals surface area contributed by atoms with Crippen LogP contribution in [0.5, 0.6) is 0 Å². The van der Waals surface area contributed by atoms with Gasteiger partial charge in [0.15, 0.2) is 0 Å². The van der Waals surface area contributed by atoms with Gasteiger partial charge in [-0.1, -0.05) is 13.3 Å². The van der Waals surface area contributed by atoms with Crippen molar-refractivity contribution in [3.05, 3.63) is 0 Å². The number of carbonyl (C=O) groups is 3. The van der Waals surface area contributed by atoms with Gasteiger partial charge < -0.3 is 10.4 Å². The van der Waals surface area contributed by atoms with Crippen LogP contribution >= 0.6 is 0 Å². The number of rotatable bonds is 5. The fraction of sp³-hybridized carbons (Fsp3) is 0.750. The van der Waals surface area contributed by atoms with E-state index in [1.807, 2.05) is 6.92 Å². The standard InChI is InChI=1S/C12H21N3O4/c1-3-4-12(10(17)18)5-6-15(8-12)7-9(16)14-11(19)13-2/h3-8H2,1-2H3,(H,17,18)(H2,13,14,16,19). The first kappa shape index (κ1) is 15.4. The second-order valence-corrected chi connectivity index (χ2v) is 4.92. The molecule has 1 aliphatic rings. The molecule has 19 heavy (non-hydrogen) atoms. The Morgan fingerprint density at radius 2 is 2.05 bits per heavy atom. The molecule has 0 bridgehead atoms. The molecule has 1 saturated heterocycles. The molecule has 108 valence electrons.